The van der Waals surface area contributed by atoms with Gasteiger partial charge in [-0.25, -0.2) is 0 Å². The zero-order valence-corrected chi connectivity index (χ0v) is 17.4. The molecule has 28 heavy (non-hydrogen) atoms. The van der Waals surface area contributed by atoms with Crippen LogP contribution in [0, 0.1) is 5.92 Å². The van der Waals surface area contributed by atoms with E-state index >= 15 is 0 Å². The summed E-state index contributed by atoms with van der Waals surface area (Å²) >= 11 is 3.35. The zero-order valence-electron chi connectivity index (χ0n) is 15.7. The molecule has 0 radical (unpaired) electrons. The largest absolute Gasteiger partial charge is 0.346 e. The molecule has 0 aliphatic carbocycles. The van der Waals surface area contributed by atoms with E-state index in [0.29, 0.717) is 11.6 Å². The summed E-state index contributed by atoms with van der Waals surface area (Å²) in [4.78, 5) is 35.0. The average Bonchev–Trinajstić information content (AvgIpc) is 3.18. The highest BCUT2D eigenvalue weighted by molar-refractivity contribution is 7.99. The van der Waals surface area contributed by atoms with E-state index in [9.17, 15) is 9.59 Å². The number of piperidine rings is 3. The van der Waals surface area contributed by atoms with Gasteiger partial charge < -0.3 is 15.1 Å². The van der Waals surface area contributed by atoms with Crippen LogP contribution in [0.5, 0.6) is 0 Å². The maximum atomic E-state index is 12.8. The van der Waals surface area contributed by atoms with E-state index in [4.69, 9.17) is 0 Å². The van der Waals surface area contributed by atoms with Gasteiger partial charge in [-0.2, -0.15) is 11.8 Å². The predicted molar refractivity (Wildman–Crippen MR) is 113 cm³/mol. The van der Waals surface area contributed by atoms with E-state index in [0.717, 1.165) is 59.2 Å². The number of thiophene rings is 1. The lowest BCUT2D eigenvalue weighted by atomic mass is 9.84. The number of hydrogen-bond acceptors (Lipinski definition) is 6. The van der Waals surface area contributed by atoms with Crippen molar-refractivity contribution in [2.75, 3.05) is 44.2 Å². The third kappa shape index (κ3) is 3.53. The Morgan fingerprint density at radius 1 is 1.11 bits per heavy atom. The number of aromatic nitrogens is 1. The van der Waals surface area contributed by atoms with Crippen LogP contribution in [0.3, 0.4) is 0 Å². The molecule has 6 nitrogen and oxygen atoms in total. The van der Waals surface area contributed by atoms with Gasteiger partial charge >= 0.3 is 0 Å². The fraction of sp³-hybridized carbons (Fsp3) is 0.550. The summed E-state index contributed by atoms with van der Waals surface area (Å²) < 4.78 is 0.948. The summed E-state index contributed by atoms with van der Waals surface area (Å²) in [6.07, 6.45) is 4.06. The molecule has 4 saturated heterocycles. The molecule has 1 atom stereocenters. The van der Waals surface area contributed by atoms with E-state index in [-0.39, 0.29) is 17.9 Å². The predicted octanol–water partition coefficient (Wildman–Crippen LogP) is 2.31. The van der Waals surface area contributed by atoms with Crippen molar-refractivity contribution in [3.63, 3.8) is 0 Å². The van der Waals surface area contributed by atoms with Gasteiger partial charge in [0.15, 0.2) is 0 Å². The molecule has 1 N–H and O–H groups in total. The molecular weight excluding hydrogens is 392 g/mol. The average molecular weight is 417 g/mol. The Hall–Kier alpha value is -1.64. The smallest absolute Gasteiger partial charge is 0.270 e. The van der Waals surface area contributed by atoms with Crippen molar-refractivity contribution >= 4 is 45.0 Å². The van der Waals surface area contributed by atoms with Crippen molar-refractivity contribution in [2.24, 2.45) is 5.92 Å². The molecule has 148 valence electrons. The highest BCUT2D eigenvalue weighted by Gasteiger charge is 2.35. The molecule has 8 heteroatoms. The Balaban J connectivity index is 1.32. The van der Waals surface area contributed by atoms with Gasteiger partial charge in [-0.1, -0.05) is 0 Å². The lowest BCUT2D eigenvalue weighted by Gasteiger charge is -2.44. The minimum atomic E-state index is -0.102. The Labute approximate surface area is 172 Å². The van der Waals surface area contributed by atoms with Gasteiger partial charge in [0.1, 0.15) is 5.69 Å². The normalized spacial score (nSPS) is 27.1. The van der Waals surface area contributed by atoms with E-state index in [1.54, 1.807) is 6.20 Å². The van der Waals surface area contributed by atoms with Crippen molar-refractivity contribution < 1.29 is 9.59 Å². The molecule has 2 amide bonds. The first-order valence-corrected chi connectivity index (χ1v) is 11.9. The summed E-state index contributed by atoms with van der Waals surface area (Å²) in [6, 6.07) is 3.97. The summed E-state index contributed by atoms with van der Waals surface area (Å²) in [5.74, 6) is 2.59. The molecule has 2 aromatic heterocycles. The molecule has 2 aromatic rings. The Morgan fingerprint density at radius 3 is 2.61 bits per heavy atom. The first-order valence-electron chi connectivity index (χ1n) is 9.97. The van der Waals surface area contributed by atoms with Crippen LogP contribution in [0.15, 0.2) is 18.3 Å². The first kappa shape index (κ1) is 18.4. The van der Waals surface area contributed by atoms with Crippen LogP contribution in [0.1, 0.15) is 33.0 Å². The van der Waals surface area contributed by atoms with Crippen LogP contribution in [-0.4, -0.2) is 76.9 Å². The minimum absolute atomic E-state index is 0.0970. The highest BCUT2D eigenvalue weighted by Crippen LogP contribution is 2.29. The summed E-state index contributed by atoms with van der Waals surface area (Å²) in [5, 5.41) is 4.13. The Bertz CT molecular complexity index is 901. The van der Waals surface area contributed by atoms with Crippen molar-refractivity contribution in [2.45, 2.75) is 18.9 Å². The quantitative estimate of drug-likeness (QED) is 0.832. The van der Waals surface area contributed by atoms with Gasteiger partial charge in [0.25, 0.3) is 11.8 Å². The second kappa shape index (κ2) is 7.65. The number of carbonyl (C=O) groups is 2. The Morgan fingerprint density at radius 2 is 1.89 bits per heavy atom. The number of pyridine rings is 1. The van der Waals surface area contributed by atoms with E-state index in [2.05, 4.69) is 15.2 Å². The number of fused-ring (bicyclic) bond motifs is 4. The zero-order chi connectivity index (χ0) is 19.1. The van der Waals surface area contributed by atoms with Crippen LogP contribution in [0.25, 0.3) is 10.1 Å². The molecule has 4 aliphatic rings. The molecule has 0 aromatic carbocycles. The standard InChI is InChI=1S/C20H24N4O2S2/c25-19(22-16-12-23-3-1-13(16)2-4-23)15-10-17-14(11-21-15)9-18(28-17)20(26)24-5-7-27-8-6-24/h9-11,13,16H,1-8,12H2,(H,22,25)/t16-/m0/s1. The summed E-state index contributed by atoms with van der Waals surface area (Å²) in [6.45, 7) is 4.88. The van der Waals surface area contributed by atoms with Crippen molar-refractivity contribution in [3.05, 3.63) is 28.9 Å². The van der Waals surface area contributed by atoms with Crippen molar-refractivity contribution in [3.8, 4) is 0 Å². The number of rotatable bonds is 3. The topological polar surface area (TPSA) is 65.5 Å². The van der Waals surface area contributed by atoms with Crippen LogP contribution in [0.2, 0.25) is 0 Å². The monoisotopic (exact) mass is 416 g/mol. The van der Waals surface area contributed by atoms with E-state index in [1.807, 2.05) is 28.8 Å². The minimum Gasteiger partial charge on any atom is -0.346 e. The molecule has 0 unspecified atom stereocenters. The number of thioether (sulfide) groups is 1. The Kier molecular flexibility index (Phi) is 5.02. The number of nitrogens with zero attached hydrogens (tertiary/aromatic N) is 3. The van der Waals surface area contributed by atoms with Crippen LogP contribution >= 0.6 is 23.1 Å². The lowest BCUT2D eigenvalue weighted by Crippen LogP contribution is -2.57. The van der Waals surface area contributed by atoms with Gasteiger partial charge in [-0.3, -0.25) is 14.6 Å². The summed E-state index contributed by atoms with van der Waals surface area (Å²) in [7, 11) is 0. The number of nitrogens with one attached hydrogen (secondary N) is 1. The molecule has 0 spiro atoms. The molecule has 4 aliphatic heterocycles. The molecule has 2 bridgehead atoms. The third-order valence-electron chi connectivity index (χ3n) is 6.12. The van der Waals surface area contributed by atoms with Crippen LogP contribution < -0.4 is 5.32 Å². The van der Waals surface area contributed by atoms with Gasteiger partial charge in [0, 0.05) is 53.5 Å². The molecule has 0 saturated carbocycles. The molecule has 6 heterocycles. The first-order chi connectivity index (χ1) is 13.7. The molecular formula is C20H24N4O2S2. The lowest BCUT2D eigenvalue weighted by molar-refractivity contribution is 0.0617. The van der Waals surface area contributed by atoms with Gasteiger partial charge in [-0.15, -0.1) is 11.3 Å². The van der Waals surface area contributed by atoms with E-state index in [1.165, 1.54) is 24.2 Å². The number of hydrogen-bond donors (Lipinski definition) is 1. The number of amides is 2. The maximum absolute atomic E-state index is 12.8. The third-order valence-corrected chi connectivity index (χ3v) is 8.14. The SMILES string of the molecule is O=C(N[C@H]1CN2CCC1CC2)c1cc2sc(C(=O)N3CCSCC3)cc2cn1. The fourth-order valence-electron chi connectivity index (χ4n) is 4.46. The van der Waals surface area contributed by atoms with E-state index < -0.39 is 0 Å². The van der Waals surface area contributed by atoms with Crippen LogP contribution in [0.4, 0.5) is 0 Å². The van der Waals surface area contributed by atoms with Crippen molar-refractivity contribution in [1.29, 1.82) is 0 Å². The van der Waals surface area contributed by atoms with Gasteiger partial charge in [0.05, 0.1) is 4.88 Å². The van der Waals surface area contributed by atoms with Crippen LogP contribution in [-0.2, 0) is 0 Å². The maximum Gasteiger partial charge on any atom is 0.270 e. The highest BCUT2D eigenvalue weighted by atomic mass is 32.2. The second-order valence-corrected chi connectivity index (χ2v) is 10.1. The van der Waals surface area contributed by atoms with Gasteiger partial charge in [0.2, 0.25) is 0 Å². The molecule has 4 fully saturated rings. The summed E-state index contributed by atoms with van der Waals surface area (Å²) in [5.41, 5.74) is 0.444. The van der Waals surface area contributed by atoms with Crippen molar-refractivity contribution in [1.82, 2.24) is 20.1 Å². The number of carbonyl (C=O) groups excluding carboxylic acids is 2. The molecule has 6 rings (SSSR count). The second-order valence-electron chi connectivity index (χ2n) is 7.84. The fourth-order valence-corrected chi connectivity index (χ4v) is 6.40. The van der Waals surface area contributed by atoms with Gasteiger partial charge in [-0.05, 0) is 44.0 Å².